The van der Waals surface area contributed by atoms with Crippen molar-refractivity contribution in [3.63, 3.8) is 0 Å². The molecule has 6 nitrogen and oxygen atoms in total. The van der Waals surface area contributed by atoms with E-state index in [1.807, 2.05) is 0 Å². The molecule has 0 saturated heterocycles. The van der Waals surface area contributed by atoms with E-state index in [1.165, 1.54) is 154 Å². The van der Waals surface area contributed by atoms with E-state index in [2.05, 4.69) is 41.5 Å². The maximum atomic E-state index is 12.7. The number of hydrogen-bond acceptors (Lipinski definition) is 6. The van der Waals surface area contributed by atoms with Crippen LogP contribution < -0.4 is 0 Å². The molecule has 0 radical (unpaired) electrons. The maximum absolute atomic E-state index is 12.7. The topological polar surface area (TPSA) is 78.9 Å². The third-order valence-electron chi connectivity index (χ3n) is 11.8. The molecule has 0 rings (SSSR count). The van der Waals surface area contributed by atoms with Gasteiger partial charge in [0, 0.05) is 19.3 Å². The molecule has 1 unspecified atom stereocenters. The molecule has 0 aromatic rings. The predicted octanol–water partition coefficient (Wildman–Crippen LogP) is 16.0. The summed E-state index contributed by atoms with van der Waals surface area (Å²) in [7, 11) is 0. The maximum Gasteiger partial charge on any atom is 0.306 e. The van der Waals surface area contributed by atoms with E-state index in [0.717, 1.165) is 75.5 Å². The van der Waals surface area contributed by atoms with E-state index in [9.17, 15) is 14.4 Å². The van der Waals surface area contributed by atoms with E-state index in [-0.39, 0.29) is 31.1 Å². The zero-order chi connectivity index (χ0) is 42.0. The van der Waals surface area contributed by atoms with Crippen molar-refractivity contribution in [2.75, 3.05) is 13.2 Å². The van der Waals surface area contributed by atoms with Crippen LogP contribution in [0, 0.1) is 17.8 Å². The summed E-state index contributed by atoms with van der Waals surface area (Å²) in [6, 6.07) is 0. The van der Waals surface area contributed by atoms with E-state index < -0.39 is 6.10 Å². The fraction of sp³-hybridized carbons (Fsp3) is 0.941. The fourth-order valence-electron chi connectivity index (χ4n) is 7.55. The Hall–Kier alpha value is -1.59. The van der Waals surface area contributed by atoms with E-state index >= 15 is 0 Å². The second-order valence-corrected chi connectivity index (χ2v) is 18.6. The first-order chi connectivity index (χ1) is 27.6. The van der Waals surface area contributed by atoms with Gasteiger partial charge in [-0.1, -0.05) is 234 Å². The largest absolute Gasteiger partial charge is 0.462 e. The number of unbranched alkanes of at least 4 members (excludes halogenated alkanes) is 26. The van der Waals surface area contributed by atoms with Gasteiger partial charge in [0.15, 0.2) is 6.10 Å². The highest BCUT2D eigenvalue weighted by molar-refractivity contribution is 5.71. The molecule has 0 aliphatic rings. The van der Waals surface area contributed by atoms with Gasteiger partial charge in [0.1, 0.15) is 13.2 Å². The van der Waals surface area contributed by atoms with Crippen LogP contribution in [0.4, 0.5) is 0 Å². The van der Waals surface area contributed by atoms with Crippen LogP contribution >= 0.6 is 0 Å². The second-order valence-electron chi connectivity index (χ2n) is 18.6. The van der Waals surface area contributed by atoms with Crippen molar-refractivity contribution < 1.29 is 28.6 Å². The van der Waals surface area contributed by atoms with Crippen molar-refractivity contribution >= 4 is 17.9 Å². The summed E-state index contributed by atoms with van der Waals surface area (Å²) in [5.41, 5.74) is 0. The van der Waals surface area contributed by atoms with Crippen molar-refractivity contribution in [2.24, 2.45) is 17.8 Å². The Morgan fingerprint density at radius 2 is 0.614 bits per heavy atom. The van der Waals surface area contributed by atoms with Gasteiger partial charge < -0.3 is 14.2 Å². The third kappa shape index (κ3) is 43.8. The number of carbonyl (C=O) groups is 3. The van der Waals surface area contributed by atoms with E-state index in [1.54, 1.807) is 0 Å². The van der Waals surface area contributed by atoms with E-state index in [0.29, 0.717) is 19.3 Å². The molecule has 0 N–H and O–H groups in total. The standard InChI is InChI=1S/C51H98O6/c1-7-47(6)39-33-27-23-24-30-36-42-51(54)57-48(44-56-50(53)41-35-29-22-18-17-20-26-32-38-46(4)5)43-55-49(52)40-34-28-21-16-14-12-10-8-9-11-13-15-19-25-31-37-45(2)3/h45-48H,7-44H2,1-6H3/t47?,48-/m0/s1. The molecule has 0 spiro atoms. The van der Waals surface area contributed by atoms with Gasteiger partial charge in [-0.2, -0.15) is 0 Å². The number of carbonyl (C=O) groups excluding carboxylic acids is 3. The lowest BCUT2D eigenvalue weighted by Gasteiger charge is -2.18. The molecular formula is C51H98O6. The Bertz CT molecular complexity index is 885. The Balaban J connectivity index is 4.25. The van der Waals surface area contributed by atoms with Gasteiger partial charge in [-0.15, -0.1) is 0 Å². The smallest absolute Gasteiger partial charge is 0.306 e. The summed E-state index contributed by atoms with van der Waals surface area (Å²) in [6.07, 6.45) is 41.0. The van der Waals surface area contributed by atoms with Crippen LogP contribution in [0.1, 0.15) is 273 Å². The van der Waals surface area contributed by atoms with E-state index in [4.69, 9.17) is 14.2 Å². The van der Waals surface area contributed by atoms with Crippen molar-refractivity contribution in [2.45, 2.75) is 279 Å². The Kier molecular flexibility index (Phi) is 41.3. The van der Waals surface area contributed by atoms with Gasteiger partial charge >= 0.3 is 17.9 Å². The van der Waals surface area contributed by atoms with Crippen LogP contribution in [0.2, 0.25) is 0 Å². The monoisotopic (exact) mass is 807 g/mol. The minimum Gasteiger partial charge on any atom is -0.462 e. The predicted molar refractivity (Wildman–Crippen MR) is 243 cm³/mol. The van der Waals surface area contributed by atoms with Crippen LogP contribution in [0.5, 0.6) is 0 Å². The summed E-state index contributed by atoms with van der Waals surface area (Å²) < 4.78 is 16.8. The summed E-state index contributed by atoms with van der Waals surface area (Å²) in [4.78, 5) is 37.8. The normalized spacial score (nSPS) is 12.6. The zero-order valence-electron chi connectivity index (χ0n) is 39.1. The summed E-state index contributed by atoms with van der Waals surface area (Å²) in [6.45, 7) is 13.7. The lowest BCUT2D eigenvalue weighted by molar-refractivity contribution is -0.167. The number of esters is 3. The van der Waals surface area contributed by atoms with Crippen molar-refractivity contribution in [1.82, 2.24) is 0 Å². The first kappa shape index (κ1) is 55.4. The molecule has 0 fully saturated rings. The second kappa shape index (κ2) is 42.5. The SMILES string of the molecule is CCC(C)CCCCCCCCC(=O)O[C@@H](COC(=O)CCCCCCCCCCCCCCCCCC(C)C)COC(=O)CCCCCCCCCCC(C)C. The summed E-state index contributed by atoms with van der Waals surface area (Å²) >= 11 is 0. The molecule has 0 bridgehead atoms. The lowest BCUT2D eigenvalue weighted by atomic mass is 10.00. The molecule has 338 valence electrons. The Morgan fingerprint density at radius 3 is 0.912 bits per heavy atom. The number of rotatable bonds is 44. The highest BCUT2D eigenvalue weighted by Gasteiger charge is 2.19. The molecular weight excluding hydrogens is 709 g/mol. The lowest BCUT2D eigenvalue weighted by Crippen LogP contribution is -2.30. The molecule has 0 aromatic heterocycles. The summed E-state index contributed by atoms with van der Waals surface area (Å²) in [5.74, 6) is 1.60. The van der Waals surface area contributed by atoms with Crippen molar-refractivity contribution in [3.8, 4) is 0 Å². The minimum absolute atomic E-state index is 0.0660. The molecule has 57 heavy (non-hydrogen) atoms. The molecule has 0 aliphatic carbocycles. The molecule has 0 aliphatic heterocycles. The van der Waals surface area contributed by atoms with Crippen molar-refractivity contribution in [3.05, 3.63) is 0 Å². The van der Waals surface area contributed by atoms with Gasteiger partial charge in [-0.05, 0) is 37.0 Å². The first-order valence-corrected chi connectivity index (χ1v) is 25.1. The van der Waals surface area contributed by atoms with Crippen LogP contribution in [0.3, 0.4) is 0 Å². The van der Waals surface area contributed by atoms with Crippen LogP contribution in [-0.2, 0) is 28.6 Å². The average Bonchev–Trinajstić information content (AvgIpc) is 3.18. The first-order valence-electron chi connectivity index (χ1n) is 25.1. The highest BCUT2D eigenvalue weighted by atomic mass is 16.6. The molecule has 0 amide bonds. The third-order valence-corrected chi connectivity index (χ3v) is 11.8. The molecule has 0 heterocycles. The number of ether oxygens (including phenoxy) is 3. The van der Waals surface area contributed by atoms with Crippen LogP contribution in [0.25, 0.3) is 0 Å². The highest BCUT2D eigenvalue weighted by Crippen LogP contribution is 2.18. The van der Waals surface area contributed by atoms with Gasteiger partial charge in [0.05, 0.1) is 0 Å². The Labute approximate surface area is 355 Å². The average molecular weight is 807 g/mol. The summed E-state index contributed by atoms with van der Waals surface area (Å²) in [5, 5.41) is 0. The van der Waals surface area contributed by atoms with Gasteiger partial charge in [0.2, 0.25) is 0 Å². The van der Waals surface area contributed by atoms with Gasteiger partial charge in [0.25, 0.3) is 0 Å². The van der Waals surface area contributed by atoms with Crippen LogP contribution in [-0.4, -0.2) is 37.2 Å². The quantitative estimate of drug-likeness (QED) is 0.0347. The molecule has 0 aromatic carbocycles. The van der Waals surface area contributed by atoms with Gasteiger partial charge in [-0.25, -0.2) is 0 Å². The fourth-order valence-corrected chi connectivity index (χ4v) is 7.55. The van der Waals surface area contributed by atoms with Gasteiger partial charge in [-0.3, -0.25) is 14.4 Å². The molecule has 0 saturated carbocycles. The van der Waals surface area contributed by atoms with Crippen molar-refractivity contribution in [1.29, 1.82) is 0 Å². The number of hydrogen-bond donors (Lipinski definition) is 0. The Morgan fingerprint density at radius 1 is 0.351 bits per heavy atom. The zero-order valence-corrected chi connectivity index (χ0v) is 39.1. The molecule has 2 atom stereocenters. The minimum atomic E-state index is -0.763. The van der Waals surface area contributed by atoms with Crippen LogP contribution in [0.15, 0.2) is 0 Å². The molecule has 6 heteroatoms.